The first-order chi connectivity index (χ1) is 17.5. The number of anilines is 1. The maximum Gasteiger partial charge on any atom is 0.335 e. The van der Waals surface area contributed by atoms with E-state index in [1.165, 1.54) is 12.1 Å². The van der Waals surface area contributed by atoms with Gasteiger partial charge in [0.15, 0.2) is 5.82 Å². The summed E-state index contributed by atoms with van der Waals surface area (Å²) in [5, 5.41) is 17.0. The summed E-state index contributed by atoms with van der Waals surface area (Å²) in [6, 6.07) is 6.33. The SMILES string of the molecule is CCN1c2nc(-c3cnn(CC#Cc4ccc(C(=O)O)cc4)c3)[nH]c2C(CCC=O)NC1CCC=O. The molecule has 3 aromatic rings. The number of aromatic nitrogens is 4. The number of hydrogen-bond acceptors (Lipinski definition) is 7. The van der Waals surface area contributed by atoms with Gasteiger partial charge in [0.2, 0.25) is 0 Å². The van der Waals surface area contributed by atoms with E-state index in [2.05, 4.69) is 32.1 Å². The minimum absolute atomic E-state index is 0.0388. The van der Waals surface area contributed by atoms with Gasteiger partial charge in [-0.05, 0) is 44.0 Å². The van der Waals surface area contributed by atoms with Crippen LogP contribution in [0.1, 0.15) is 60.3 Å². The highest BCUT2D eigenvalue weighted by Gasteiger charge is 2.34. The molecule has 0 saturated heterocycles. The number of aldehydes is 2. The summed E-state index contributed by atoms with van der Waals surface area (Å²) in [5.41, 5.74) is 2.68. The van der Waals surface area contributed by atoms with Crippen LogP contribution < -0.4 is 10.2 Å². The molecule has 10 nitrogen and oxygen atoms in total. The van der Waals surface area contributed by atoms with E-state index in [9.17, 15) is 14.4 Å². The molecule has 186 valence electrons. The van der Waals surface area contributed by atoms with Crippen molar-refractivity contribution in [2.75, 3.05) is 11.4 Å². The van der Waals surface area contributed by atoms with Gasteiger partial charge in [-0.1, -0.05) is 11.8 Å². The summed E-state index contributed by atoms with van der Waals surface area (Å²) < 4.78 is 1.71. The van der Waals surface area contributed by atoms with Crippen molar-refractivity contribution in [1.29, 1.82) is 0 Å². The number of nitrogens with zero attached hydrogens (tertiary/aromatic N) is 4. The number of carboxylic acids is 1. The Morgan fingerprint density at radius 3 is 2.61 bits per heavy atom. The zero-order valence-electron chi connectivity index (χ0n) is 20.0. The third-order valence-electron chi connectivity index (χ3n) is 6.09. The van der Waals surface area contributed by atoms with Crippen molar-refractivity contribution in [3.8, 4) is 23.2 Å². The number of aromatic carboxylic acids is 1. The Hall–Kier alpha value is -4.23. The second-order valence-electron chi connectivity index (χ2n) is 8.44. The molecule has 2 atom stereocenters. The summed E-state index contributed by atoms with van der Waals surface area (Å²) >= 11 is 0. The van der Waals surface area contributed by atoms with Crippen LogP contribution in [0.5, 0.6) is 0 Å². The predicted octanol–water partition coefficient (Wildman–Crippen LogP) is 2.78. The lowest BCUT2D eigenvalue weighted by atomic mass is 10.0. The molecule has 10 heteroatoms. The minimum Gasteiger partial charge on any atom is -0.478 e. The van der Waals surface area contributed by atoms with Crippen molar-refractivity contribution in [3.63, 3.8) is 0 Å². The Labute approximate surface area is 208 Å². The van der Waals surface area contributed by atoms with Crippen molar-refractivity contribution < 1.29 is 19.5 Å². The molecule has 2 unspecified atom stereocenters. The quantitative estimate of drug-likeness (QED) is 0.293. The maximum atomic E-state index is 11.0. The van der Waals surface area contributed by atoms with Crippen molar-refractivity contribution >= 4 is 24.4 Å². The van der Waals surface area contributed by atoms with E-state index in [4.69, 9.17) is 10.1 Å². The van der Waals surface area contributed by atoms with Crippen LogP contribution in [0.25, 0.3) is 11.4 Å². The summed E-state index contributed by atoms with van der Waals surface area (Å²) in [4.78, 5) is 43.4. The number of carbonyl (C=O) groups is 3. The van der Waals surface area contributed by atoms with Gasteiger partial charge in [0, 0.05) is 31.1 Å². The number of nitrogens with one attached hydrogen (secondary N) is 2. The number of H-pyrrole nitrogens is 1. The molecule has 0 bridgehead atoms. The first-order valence-corrected chi connectivity index (χ1v) is 11.9. The summed E-state index contributed by atoms with van der Waals surface area (Å²) in [6.45, 7) is 3.13. The second kappa shape index (κ2) is 11.5. The van der Waals surface area contributed by atoms with Crippen LogP contribution in [0, 0.1) is 11.8 Å². The molecule has 2 aromatic heterocycles. The third-order valence-corrected chi connectivity index (χ3v) is 6.09. The number of aromatic amines is 1. The topological polar surface area (TPSA) is 133 Å². The van der Waals surface area contributed by atoms with E-state index in [1.807, 2.05) is 13.1 Å². The molecule has 0 aliphatic carbocycles. The molecule has 0 radical (unpaired) electrons. The Balaban J connectivity index is 1.52. The van der Waals surface area contributed by atoms with E-state index in [1.54, 1.807) is 23.0 Å². The average molecular weight is 489 g/mol. The van der Waals surface area contributed by atoms with Gasteiger partial charge in [0.1, 0.15) is 24.9 Å². The van der Waals surface area contributed by atoms with Crippen molar-refractivity contribution in [2.45, 2.75) is 51.4 Å². The monoisotopic (exact) mass is 488 g/mol. The molecule has 1 aliphatic heterocycles. The van der Waals surface area contributed by atoms with Crippen LogP contribution in [-0.2, 0) is 16.1 Å². The number of hydrogen-bond donors (Lipinski definition) is 3. The fourth-order valence-corrected chi connectivity index (χ4v) is 4.32. The molecule has 4 rings (SSSR count). The van der Waals surface area contributed by atoms with Crippen molar-refractivity contribution in [2.24, 2.45) is 0 Å². The fraction of sp³-hybridized carbons (Fsp3) is 0.346. The van der Waals surface area contributed by atoms with E-state index in [0.717, 1.165) is 41.8 Å². The van der Waals surface area contributed by atoms with Crippen LogP contribution in [0.2, 0.25) is 0 Å². The third kappa shape index (κ3) is 5.53. The van der Waals surface area contributed by atoms with Gasteiger partial charge in [0.25, 0.3) is 0 Å². The largest absolute Gasteiger partial charge is 0.478 e. The molecular weight excluding hydrogens is 460 g/mol. The Kier molecular flexibility index (Phi) is 7.92. The highest BCUT2D eigenvalue weighted by Crippen LogP contribution is 2.36. The van der Waals surface area contributed by atoms with Crippen molar-refractivity contribution in [3.05, 3.63) is 53.5 Å². The zero-order valence-corrected chi connectivity index (χ0v) is 20.0. The van der Waals surface area contributed by atoms with E-state index in [-0.39, 0.29) is 17.8 Å². The van der Waals surface area contributed by atoms with E-state index < -0.39 is 5.97 Å². The number of fused-ring (bicyclic) bond motifs is 1. The van der Waals surface area contributed by atoms with Gasteiger partial charge in [-0.3, -0.25) is 10.00 Å². The first-order valence-electron chi connectivity index (χ1n) is 11.9. The molecule has 0 saturated carbocycles. The molecule has 1 aromatic carbocycles. The van der Waals surface area contributed by atoms with Crippen molar-refractivity contribution in [1.82, 2.24) is 25.1 Å². The van der Waals surface area contributed by atoms with Crippen LogP contribution >= 0.6 is 0 Å². The molecule has 36 heavy (non-hydrogen) atoms. The number of carboxylic acid groups (broad SMARTS) is 1. The Morgan fingerprint density at radius 1 is 1.17 bits per heavy atom. The van der Waals surface area contributed by atoms with Crippen LogP contribution in [0.4, 0.5) is 5.82 Å². The van der Waals surface area contributed by atoms with Crippen LogP contribution in [0.3, 0.4) is 0 Å². The van der Waals surface area contributed by atoms with Crippen LogP contribution in [-0.4, -0.2) is 56.1 Å². The van der Waals surface area contributed by atoms with Gasteiger partial charge in [-0.2, -0.15) is 5.10 Å². The molecule has 1 aliphatic rings. The molecule has 0 amide bonds. The lowest BCUT2D eigenvalue weighted by Gasteiger charge is -2.40. The first kappa shape index (κ1) is 24.9. The fourth-order valence-electron chi connectivity index (χ4n) is 4.32. The van der Waals surface area contributed by atoms with Gasteiger partial charge in [-0.25, -0.2) is 9.78 Å². The van der Waals surface area contributed by atoms with Gasteiger partial charge >= 0.3 is 5.97 Å². The summed E-state index contributed by atoms with van der Waals surface area (Å²) in [7, 11) is 0. The number of imidazole rings is 1. The molecule has 0 fully saturated rings. The molecular formula is C26H28N6O4. The zero-order chi connectivity index (χ0) is 25.5. The molecule has 3 N–H and O–H groups in total. The standard InChI is InChI=1S/C26H28N6O4/c1-2-32-22(8-5-15-34)28-21(7-4-14-33)23-25(32)30-24(29-23)20-16-27-31(17-20)13-3-6-18-9-11-19(12-10-18)26(35)36/h9-12,14-17,21-22,28H,2,4-5,7-8,13H2,1H3,(H,29,30)(H,35,36). The predicted molar refractivity (Wildman–Crippen MR) is 133 cm³/mol. The Bertz CT molecular complexity index is 1280. The highest BCUT2D eigenvalue weighted by atomic mass is 16.4. The minimum atomic E-state index is -0.970. The van der Waals surface area contributed by atoms with Gasteiger partial charge in [-0.15, -0.1) is 0 Å². The summed E-state index contributed by atoms with van der Waals surface area (Å²) in [6.07, 6.45) is 7.54. The summed E-state index contributed by atoms with van der Waals surface area (Å²) in [5.74, 6) is 6.59. The van der Waals surface area contributed by atoms with Gasteiger partial charge in [0.05, 0.1) is 35.2 Å². The van der Waals surface area contributed by atoms with E-state index >= 15 is 0 Å². The lowest BCUT2D eigenvalue weighted by molar-refractivity contribution is -0.108. The molecule has 0 spiro atoms. The second-order valence-corrected chi connectivity index (χ2v) is 8.44. The smallest absolute Gasteiger partial charge is 0.335 e. The highest BCUT2D eigenvalue weighted by molar-refractivity contribution is 5.87. The van der Waals surface area contributed by atoms with Crippen LogP contribution in [0.15, 0.2) is 36.7 Å². The van der Waals surface area contributed by atoms with Gasteiger partial charge < -0.3 is 24.6 Å². The number of rotatable bonds is 10. The maximum absolute atomic E-state index is 11.0. The van der Waals surface area contributed by atoms with E-state index in [0.29, 0.717) is 38.1 Å². The lowest BCUT2D eigenvalue weighted by Crippen LogP contribution is -2.51. The Morgan fingerprint density at radius 2 is 1.92 bits per heavy atom. The number of carbonyl (C=O) groups excluding carboxylic acids is 2. The molecule has 3 heterocycles. The number of benzene rings is 1. The normalized spacial score (nSPS) is 16.6. The average Bonchev–Trinajstić information content (AvgIpc) is 3.54.